The highest BCUT2D eigenvalue weighted by Crippen LogP contribution is 2.33. The third-order valence-electron chi connectivity index (χ3n) is 3.39. The van der Waals surface area contributed by atoms with Gasteiger partial charge in [-0.2, -0.15) is 0 Å². The molecule has 0 atom stereocenters. The number of hydrogen-bond acceptors (Lipinski definition) is 6. The molecule has 4 rings (SSSR count). The summed E-state index contributed by atoms with van der Waals surface area (Å²) in [6.45, 7) is 0. The highest BCUT2D eigenvalue weighted by atomic mass is 16.6. The van der Waals surface area contributed by atoms with Gasteiger partial charge >= 0.3 is 23.9 Å². The van der Waals surface area contributed by atoms with Crippen LogP contribution in [0.4, 0.5) is 0 Å². The van der Waals surface area contributed by atoms with Gasteiger partial charge in [0.2, 0.25) is 0 Å². The highest BCUT2D eigenvalue weighted by Gasteiger charge is 2.34. The molecular weight excluding hydrogens is 264 g/mol. The van der Waals surface area contributed by atoms with Crippen molar-refractivity contribution >= 4 is 34.6 Å². The van der Waals surface area contributed by atoms with E-state index in [0.717, 1.165) is 0 Å². The zero-order chi connectivity index (χ0) is 14.0. The Morgan fingerprint density at radius 2 is 1.35 bits per heavy atom. The van der Waals surface area contributed by atoms with E-state index in [1.807, 2.05) is 0 Å². The van der Waals surface area contributed by atoms with Crippen LogP contribution in [-0.2, 0) is 9.47 Å². The van der Waals surface area contributed by atoms with Crippen LogP contribution in [0.2, 0.25) is 0 Å². The van der Waals surface area contributed by atoms with E-state index in [0.29, 0.717) is 10.8 Å². The minimum absolute atomic E-state index is 0.0816. The smallest absolute Gasteiger partial charge is 0.347 e. The average molecular weight is 268 g/mol. The van der Waals surface area contributed by atoms with Gasteiger partial charge in [-0.05, 0) is 29.0 Å². The molecular formula is C14H4O6. The molecule has 96 valence electrons. The lowest BCUT2D eigenvalue weighted by Gasteiger charge is -2.14. The van der Waals surface area contributed by atoms with Crippen molar-refractivity contribution in [2.45, 2.75) is 0 Å². The van der Waals surface area contributed by atoms with Crippen LogP contribution in [-0.4, -0.2) is 23.9 Å². The minimum atomic E-state index is -0.778. The van der Waals surface area contributed by atoms with E-state index in [4.69, 9.17) is 0 Å². The van der Waals surface area contributed by atoms with Gasteiger partial charge in [0.25, 0.3) is 0 Å². The standard InChI is InChI=1S/C14H4O6/c15-11-5-3-8-6(9(4-5)13(17)19-11)1-2-7-10(8)14(18)20-12(7)16/h1-4H. The normalized spacial score (nSPS) is 16.2. The summed E-state index contributed by atoms with van der Waals surface area (Å²) in [4.78, 5) is 46.5. The summed E-state index contributed by atoms with van der Waals surface area (Å²) in [5, 5.41) is 0.785. The van der Waals surface area contributed by atoms with Crippen molar-refractivity contribution in [2.24, 2.45) is 0 Å². The number of ether oxygens (including phenoxy) is 2. The summed E-state index contributed by atoms with van der Waals surface area (Å²) in [6, 6.07) is 5.78. The van der Waals surface area contributed by atoms with E-state index in [2.05, 4.69) is 9.47 Å². The molecule has 2 aromatic rings. The third kappa shape index (κ3) is 1.17. The van der Waals surface area contributed by atoms with Crippen molar-refractivity contribution in [3.05, 3.63) is 46.5 Å². The number of rotatable bonds is 0. The molecule has 0 aromatic heterocycles. The molecule has 0 saturated heterocycles. The van der Waals surface area contributed by atoms with Crippen LogP contribution < -0.4 is 0 Å². The van der Waals surface area contributed by atoms with Crippen LogP contribution in [0.5, 0.6) is 0 Å². The molecule has 2 aliphatic rings. The van der Waals surface area contributed by atoms with Gasteiger partial charge in [0.15, 0.2) is 0 Å². The number of esters is 4. The molecule has 0 radical (unpaired) electrons. The second kappa shape index (κ2) is 3.30. The van der Waals surface area contributed by atoms with Gasteiger partial charge in [0.05, 0.1) is 22.3 Å². The van der Waals surface area contributed by atoms with Crippen LogP contribution in [0.1, 0.15) is 41.4 Å². The van der Waals surface area contributed by atoms with Crippen LogP contribution in [0.15, 0.2) is 24.3 Å². The molecule has 0 unspecified atom stereocenters. The monoisotopic (exact) mass is 268 g/mol. The van der Waals surface area contributed by atoms with E-state index in [-0.39, 0.29) is 22.3 Å². The van der Waals surface area contributed by atoms with E-state index in [9.17, 15) is 19.2 Å². The number of cyclic esters (lactones) is 4. The van der Waals surface area contributed by atoms with Crippen molar-refractivity contribution in [2.75, 3.05) is 0 Å². The first kappa shape index (κ1) is 10.9. The Labute approximate surface area is 110 Å². The Morgan fingerprint density at radius 1 is 0.650 bits per heavy atom. The topological polar surface area (TPSA) is 86.7 Å². The van der Waals surface area contributed by atoms with Gasteiger partial charge in [-0.25, -0.2) is 19.2 Å². The second-order valence-electron chi connectivity index (χ2n) is 4.46. The lowest BCUT2D eigenvalue weighted by Crippen LogP contribution is -2.19. The van der Waals surface area contributed by atoms with Crippen molar-refractivity contribution in [3.8, 4) is 0 Å². The Kier molecular flexibility index (Phi) is 1.79. The predicted molar refractivity (Wildman–Crippen MR) is 63.4 cm³/mol. The zero-order valence-corrected chi connectivity index (χ0v) is 9.76. The zero-order valence-electron chi connectivity index (χ0n) is 9.76. The fraction of sp³-hybridized carbons (Fsp3) is 0. The first-order chi connectivity index (χ1) is 9.56. The summed E-state index contributed by atoms with van der Waals surface area (Å²) < 4.78 is 9.13. The van der Waals surface area contributed by atoms with Gasteiger partial charge in [-0.1, -0.05) is 6.07 Å². The van der Waals surface area contributed by atoms with Crippen molar-refractivity contribution in [1.29, 1.82) is 0 Å². The molecule has 0 aliphatic carbocycles. The van der Waals surface area contributed by atoms with Crippen molar-refractivity contribution in [3.63, 3.8) is 0 Å². The Balaban J connectivity index is 2.20. The van der Waals surface area contributed by atoms with E-state index >= 15 is 0 Å². The molecule has 0 saturated carbocycles. The maximum Gasteiger partial charge on any atom is 0.347 e. The van der Waals surface area contributed by atoms with Crippen LogP contribution in [0, 0.1) is 0 Å². The third-order valence-corrected chi connectivity index (χ3v) is 3.39. The Hall–Kier alpha value is -3.02. The molecule has 0 fully saturated rings. The summed E-state index contributed by atoms with van der Waals surface area (Å²) in [5.74, 6) is -3.06. The Morgan fingerprint density at radius 3 is 2.15 bits per heavy atom. The molecule has 0 N–H and O–H groups in total. The second-order valence-corrected chi connectivity index (χ2v) is 4.46. The van der Waals surface area contributed by atoms with Crippen LogP contribution in [0.3, 0.4) is 0 Å². The number of carbonyl (C=O) groups excluding carboxylic acids is 4. The van der Waals surface area contributed by atoms with Crippen molar-refractivity contribution < 1.29 is 28.7 Å². The summed E-state index contributed by atoms with van der Waals surface area (Å²) in [7, 11) is 0. The quantitative estimate of drug-likeness (QED) is 0.531. The fourth-order valence-electron chi connectivity index (χ4n) is 2.50. The molecule has 2 heterocycles. The maximum absolute atomic E-state index is 11.7. The molecule has 6 heteroatoms. The number of hydrogen-bond donors (Lipinski definition) is 0. The fourth-order valence-corrected chi connectivity index (χ4v) is 2.50. The van der Waals surface area contributed by atoms with Crippen LogP contribution >= 0.6 is 0 Å². The first-order valence-electron chi connectivity index (χ1n) is 5.70. The summed E-state index contributed by atoms with van der Waals surface area (Å²) in [6.07, 6.45) is 0. The molecule has 2 aromatic carbocycles. The number of fused-ring (bicyclic) bond motifs is 6. The van der Waals surface area contributed by atoms with Crippen molar-refractivity contribution in [1.82, 2.24) is 0 Å². The molecule has 0 spiro atoms. The maximum atomic E-state index is 11.7. The lowest BCUT2D eigenvalue weighted by atomic mass is 9.93. The van der Waals surface area contributed by atoms with Gasteiger partial charge in [-0.15, -0.1) is 0 Å². The Bertz CT molecular complexity index is 877. The predicted octanol–water partition coefficient (Wildman–Crippen LogP) is 1.46. The largest absolute Gasteiger partial charge is 0.386 e. The number of benzene rings is 2. The molecule has 0 amide bonds. The highest BCUT2D eigenvalue weighted by molar-refractivity contribution is 6.24. The molecule has 20 heavy (non-hydrogen) atoms. The molecule has 2 aliphatic heterocycles. The van der Waals surface area contributed by atoms with Gasteiger partial charge < -0.3 is 9.47 Å². The summed E-state index contributed by atoms with van der Waals surface area (Å²) >= 11 is 0. The molecule has 2 bridgehead atoms. The lowest BCUT2D eigenvalue weighted by molar-refractivity contribution is 0.0381. The first-order valence-corrected chi connectivity index (χ1v) is 5.70. The van der Waals surface area contributed by atoms with Gasteiger partial charge in [0.1, 0.15) is 0 Å². The van der Waals surface area contributed by atoms with Gasteiger partial charge in [0, 0.05) is 0 Å². The number of carbonyl (C=O) groups is 4. The average Bonchev–Trinajstić information content (AvgIpc) is 2.71. The van der Waals surface area contributed by atoms with Gasteiger partial charge in [-0.3, -0.25) is 0 Å². The minimum Gasteiger partial charge on any atom is -0.386 e. The SMILES string of the molecule is O=C1OC(=O)c2cc1cc1c3c(ccc21)C(=O)OC3=O. The summed E-state index contributed by atoms with van der Waals surface area (Å²) in [5.41, 5.74) is 0.560. The van der Waals surface area contributed by atoms with E-state index in [1.165, 1.54) is 24.3 Å². The van der Waals surface area contributed by atoms with Crippen LogP contribution in [0.25, 0.3) is 10.8 Å². The van der Waals surface area contributed by atoms with E-state index in [1.54, 1.807) is 0 Å². The van der Waals surface area contributed by atoms with E-state index < -0.39 is 23.9 Å². The molecule has 6 nitrogen and oxygen atoms in total.